The van der Waals surface area contributed by atoms with E-state index in [2.05, 4.69) is 16.6 Å². The number of rotatable bonds is 3. The van der Waals surface area contributed by atoms with Crippen molar-refractivity contribution in [3.05, 3.63) is 23.2 Å². The van der Waals surface area contributed by atoms with E-state index >= 15 is 0 Å². The maximum atomic E-state index is 11.7. The van der Waals surface area contributed by atoms with E-state index in [0.717, 1.165) is 0 Å². The number of hydrogen-bond donors (Lipinski definition) is 2. The van der Waals surface area contributed by atoms with Crippen LogP contribution in [-0.4, -0.2) is 15.0 Å². The van der Waals surface area contributed by atoms with Crippen LogP contribution >= 0.6 is 11.6 Å². The lowest BCUT2D eigenvalue weighted by Crippen LogP contribution is -2.24. The summed E-state index contributed by atoms with van der Waals surface area (Å²) in [6, 6.07) is 4.14. The predicted molar refractivity (Wildman–Crippen MR) is 64.5 cm³/mol. The van der Waals surface area contributed by atoms with Gasteiger partial charge in [-0.15, -0.1) is 5.92 Å². The summed E-state index contributed by atoms with van der Waals surface area (Å²) in [7, 11) is -3.56. The molecule has 1 aromatic carbocycles. The molecule has 86 valence electrons. The van der Waals surface area contributed by atoms with Gasteiger partial charge in [0.1, 0.15) is 0 Å². The first-order valence-corrected chi connectivity index (χ1v) is 6.28. The number of hydrogen-bond acceptors (Lipinski definition) is 3. The molecule has 0 heterocycles. The lowest BCUT2D eigenvalue weighted by molar-refractivity contribution is 0.586. The minimum atomic E-state index is -3.56. The van der Waals surface area contributed by atoms with Crippen molar-refractivity contribution in [3.8, 4) is 11.8 Å². The van der Waals surface area contributed by atoms with Crippen molar-refractivity contribution < 1.29 is 8.42 Å². The number of anilines is 1. The summed E-state index contributed by atoms with van der Waals surface area (Å²) in [5, 5.41) is 0.212. The van der Waals surface area contributed by atoms with E-state index in [4.69, 9.17) is 17.3 Å². The molecular formula is C10H11ClN2O2S. The molecule has 0 bridgehead atoms. The highest BCUT2D eigenvalue weighted by molar-refractivity contribution is 7.89. The third-order valence-corrected chi connectivity index (χ3v) is 3.54. The Morgan fingerprint density at radius 2 is 2.19 bits per heavy atom. The molecule has 6 heteroatoms. The zero-order chi connectivity index (χ0) is 12.2. The molecular weight excluding hydrogens is 248 g/mol. The van der Waals surface area contributed by atoms with Crippen molar-refractivity contribution >= 4 is 27.3 Å². The van der Waals surface area contributed by atoms with Gasteiger partial charge < -0.3 is 5.73 Å². The largest absolute Gasteiger partial charge is 0.398 e. The van der Waals surface area contributed by atoms with Crippen LogP contribution in [0, 0.1) is 11.8 Å². The molecule has 0 aliphatic heterocycles. The highest BCUT2D eigenvalue weighted by Crippen LogP contribution is 2.22. The van der Waals surface area contributed by atoms with E-state index in [-0.39, 0.29) is 16.5 Å². The first kappa shape index (κ1) is 12.8. The second kappa shape index (κ2) is 5.21. The van der Waals surface area contributed by atoms with E-state index < -0.39 is 10.0 Å². The van der Waals surface area contributed by atoms with E-state index in [1.54, 1.807) is 6.92 Å². The zero-order valence-electron chi connectivity index (χ0n) is 8.62. The van der Waals surface area contributed by atoms with Crippen molar-refractivity contribution in [3.63, 3.8) is 0 Å². The third-order valence-electron chi connectivity index (χ3n) is 1.81. The normalized spacial score (nSPS) is 10.6. The van der Waals surface area contributed by atoms with Crippen molar-refractivity contribution in [1.29, 1.82) is 0 Å². The van der Waals surface area contributed by atoms with Gasteiger partial charge in [0.05, 0.1) is 22.2 Å². The Balaban J connectivity index is 2.97. The average Bonchev–Trinajstić information content (AvgIpc) is 2.22. The molecule has 3 N–H and O–H groups in total. The number of benzene rings is 1. The topological polar surface area (TPSA) is 72.2 Å². The number of nitrogens with one attached hydrogen (secondary N) is 1. The predicted octanol–water partition coefficient (Wildman–Crippen LogP) is 1.22. The summed E-state index contributed by atoms with van der Waals surface area (Å²) in [6.07, 6.45) is 0. The van der Waals surface area contributed by atoms with Crippen LogP contribution in [0.25, 0.3) is 0 Å². The first-order chi connectivity index (χ1) is 7.47. The fourth-order valence-electron chi connectivity index (χ4n) is 0.978. The van der Waals surface area contributed by atoms with E-state index in [0.29, 0.717) is 5.69 Å². The summed E-state index contributed by atoms with van der Waals surface area (Å²) in [5.41, 5.74) is 5.83. The van der Waals surface area contributed by atoms with E-state index in [9.17, 15) is 8.42 Å². The van der Waals surface area contributed by atoms with Gasteiger partial charge in [-0.3, -0.25) is 0 Å². The fraction of sp³-hybridized carbons (Fsp3) is 0.200. The SMILES string of the molecule is CC#CCNS(=O)(=O)c1ccc(N)c(Cl)c1. The quantitative estimate of drug-likeness (QED) is 0.633. The third kappa shape index (κ3) is 3.14. The Morgan fingerprint density at radius 1 is 1.50 bits per heavy atom. The van der Waals surface area contributed by atoms with Gasteiger partial charge in [-0.25, -0.2) is 8.42 Å². The minimum absolute atomic E-state index is 0.0703. The Kier molecular flexibility index (Phi) is 4.19. The molecule has 0 aromatic heterocycles. The van der Waals surface area contributed by atoms with E-state index in [1.165, 1.54) is 18.2 Å². The van der Waals surface area contributed by atoms with Crippen molar-refractivity contribution in [1.82, 2.24) is 4.72 Å². The zero-order valence-corrected chi connectivity index (χ0v) is 10.2. The van der Waals surface area contributed by atoms with Gasteiger partial charge in [0.25, 0.3) is 0 Å². The van der Waals surface area contributed by atoms with Gasteiger partial charge in [0.15, 0.2) is 0 Å². The minimum Gasteiger partial charge on any atom is -0.398 e. The Morgan fingerprint density at radius 3 is 2.75 bits per heavy atom. The number of nitrogen functional groups attached to an aromatic ring is 1. The lowest BCUT2D eigenvalue weighted by Gasteiger charge is -2.05. The monoisotopic (exact) mass is 258 g/mol. The van der Waals surface area contributed by atoms with E-state index in [1.807, 2.05) is 0 Å². The standard InChI is InChI=1S/C10H11ClN2O2S/c1-2-3-6-13-16(14,15)8-4-5-10(12)9(11)7-8/h4-5,7,13H,6,12H2,1H3. The molecule has 16 heavy (non-hydrogen) atoms. The highest BCUT2D eigenvalue weighted by atomic mass is 35.5. The molecule has 0 amide bonds. The van der Waals surface area contributed by atoms with Crippen molar-refractivity contribution in [2.45, 2.75) is 11.8 Å². The van der Waals surface area contributed by atoms with Gasteiger partial charge in [-0.2, -0.15) is 4.72 Å². The molecule has 4 nitrogen and oxygen atoms in total. The smallest absolute Gasteiger partial charge is 0.241 e. The van der Waals surface area contributed by atoms with Gasteiger partial charge in [-0.05, 0) is 25.1 Å². The molecule has 0 radical (unpaired) electrons. The van der Waals surface area contributed by atoms with Gasteiger partial charge in [0, 0.05) is 0 Å². The molecule has 0 saturated heterocycles. The highest BCUT2D eigenvalue weighted by Gasteiger charge is 2.13. The number of nitrogens with two attached hydrogens (primary N) is 1. The Labute approximate surface area is 99.8 Å². The Bertz CT molecular complexity index is 544. The fourth-order valence-corrected chi connectivity index (χ4v) is 2.17. The molecule has 0 atom stereocenters. The molecule has 1 rings (SSSR count). The molecule has 0 aliphatic carbocycles. The molecule has 0 aliphatic rings. The van der Waals surface area contributed by atoms with Crippen molar-refractivity contribution in [2.24, 2.45) is 0 Å². The summed E-state index contributed by atoms with van der Waals surface area (Å²) in [5.74, 6) is 5.19. The first-order valence-electron chi connectivity index (χ1n) is 4.41. The van der Waals surface area contributed by atoms with Crippen LogP contribution < -0.4 is 10.5 Å². The maximum Gasteiger partial charge on any atom is 0.241 e. The maximum absolute atomic E-state index is 11.7. The van der Waals surface area contributed by atoms with Gasteiger partial charge in [0.2, 0.25) is 10.0 Å². The Hall–Kier alpha value is -1.22. The second-order valence-corrected chi connectivity index (χ2v) is 5.11. The van der Waals surface area contributed by atoms with Crippen molar-refractivity contribution in [2.75, 3.05) is 12.3 Å². The van der Waals surface area contributed by atoms with Crippen LogP contribution in [0.2, 0.25) is 5.02 Å². The molecule has 0 saturated carbocycles. The average molecular weight is 259 g/mol. The molecule has 1 aromatic rings. The summed E-state index contributed by atoms with van der Waals surface area (Å²) in [4.78, 5) is 0.0737. The van der Waals surface area contributed by atoms with Gasteiger partial charge in [-0.1, -0.05) is 17.5 Å². The van der Waals surface area contributed by atoms with Gasteiger partial charge >= 0.3 is 0 Å². The van der Waals surface area contributed by atoms with Crippen LogP contribution in [0.3, 0.4) is 0 Å². The molecule has 0 fully saturated rings. The lowest BCUT2D eigenvalue weighted by atomic mass is 10.3. The van der Waals surface area contributed by atoms with Crippen LogP contribution in [0.1, 0.15) is 6.92 Å². The molecule has 0 unspecified atom stereocenters. The van der Waals surface area contributed by atoms with Crippen LogP contribution in [0.4, 0.5) is 5.69 Å². The number of halogens is 1. The second-order valence-electron chi connectivity index (χ2n) is 2.93. The van der Waals surface area contributed by atoms with Crippen LogP contribution in [0.5, 0.6) is 0 Å². The van der Waals surface area contributed by atoms with Crippen LogP contribution in [0.15, 0.2) is 23.1 Å². The van der Waals surface area contributed by atoms with Crippen LogP contribution in [-0.2, 0) is 10.0 Å². The summed E-state index contributed by atoms with van der Waals surface area (Å²) < 4.78 is 25.7. The molecule has 0 spiro atoms. The summed E-state index contributed by atoms with van der Waals surface area (Å²) >= 11 is 5.74. The number of sulfonamides is 1. The summed E-state index contributed by atoms with van der Waals surface area (Å²) in [6.45, 7) is 1.70.